The van der Waals surface area contributed by atoms with Crippen molar-refractivity contribution in [2.24, 2.45) is 0 Å². The van der Waals surface area contributed by atoms with Gasteiger partial charge in [0.1, 0.15) is 0 Å². The fraction of sp³-hybridized carbons (Fsp3) is 0.182. The molecule has 0 aliphatic carbocycles. The van der Waals surface area contributed by atoms with Gasteiger partial charge in [0.05, 0.1) is 0 Å². The SMILES string of the molecule is CN(C)C(=O)C#Cc1ccc(Cl)cc1. The molecule has 3 heteroatoms. The topological polar surface area (TPSA) is 20.3 Å². The molecule has 0 atom stereocenters. The quantitative estimate of drug-likeness (QED) is 0.594. The van der Waals surface area contributed by atoms with E-state index in [1.807, 2.05) is 0 Å². The zero-order chi connectivity index (χ0) is 10.6. The Bertz CT molecular complexity index is 384. The highest BCUT2D eigenvalue weighted by Gasteiger charge is 1.96. The van der Waals surface area contributed by atoms with Gasteiger partial charge in [0.2, 0.25) is 0 Å². The van der Waals surface area contributed by atoms with Crippen LogP contribution >= 0.6 is 11.6 Å². The first kappa shape index (κ1) is 10.6. The van der Waals surface area contributed by atoms with Gasteiger partial charge in [0.25, 0.3) is 5.91 Å². The minimum atomic E-state index is -0.208. The van der Waals surface area contributed by atoms with E-state index in [-0.39, 0.29) is 5.91 Å². The van der Waals surface area contributed by atoms with Crippen LogP contribution in [0.4, 0.5) is 0 Å². The second kappa shape index (κ2) is 4.69. The average Bonchev–Trinajstić information content (AvgIpc) is 2.16. The molecule has 0 aromatic heterocycles. The molecule has 0 aliphatic heterocycles. The van der Waals surface area contributed by atoms with Crippen LogP contribution in [0.25, 0.3) is 0 Å². The number of amides is 1. The molecule has 0 saturated carbocycles. The lowest BCUT2D eigenvalue weighted by molar-refractivity contribution is -0.122. The summed E-state index contributed by atoms with van der Waals surface area (Å²) >= 11 is 5.70. The zero-order valence-electron chi connectivity index (χ0n) is 8.04. The van der Waals surface area contributed by atoms with Crippen molar-refractivity contribution in [1.29, 1.82) is 0 Å². The molecule has 1 aromatic carbocycles. The van der Waals surface area contributed by atoms with E-state index in [1.54, 1.807) is 38.4 Å². The Labute approximate surface area is 88.5 Å². The van der Waals surface area contributed by atoms with Crippen LogP contribution in [0.2, 0.25) is 5.02 Å². The minimum Gasteiger partial charge on any atom is -0.338 e. The number of hydrogen-bond donors (Lipinski definition) is 0. The summed E-state index contributed by atoms with van der Waals surface area (Å²) in [6.07, 6.45) is 0. The van der Waals surface area contributed by atoms with E-state index in [0.29, 0.717) is 5.02 Å². The summed E-state index contributed by atoms with van der Waals surface area (Å²) in [5.74, 6) is 5.06. The molecular formula is C11H10ClNO. The molecule has 0 bridgehead atoms. The highest BCUT2D eigenvalue weighted by Crippen LogP contribution is 2.08. The van der Waals surface area contributed by atoms with Crippen molar-refractivity contribution in [1.82, 2.24) is 4.90 Å². The van der Waals surface area contributed by atoms with Crippen LogP contribution < -0.4 is 0 Å². The molecule has 0 unspecified atom stereocenters. The maximum Gasteiger partial charge on any atom is 0.298 e. The monoisotopic (exact) mass is 207 g/mol. The fourth-order valence-corrected chi connectivity index (χ4v) is 0.897. The highest BCUT2D eigenvalue weighted by molar-refractivity contribution is 6.30. The van der Waals surface area contributed by atoms with E-state index < -0.39 is 0 Å². The first-order valence-electron chi connectivity index (χ1n) is 4.08. The third kappa shape index (κ3) is 3.12. The Morgan fingerprint density at radius 3 is 2.36 bits per heavy atom. The maximum absolute atomic E-state index is 11.1. The number of nitrogens with zero attached hydrogens (tertiary/aromatic N) is 1. The lowest BCUT2D eigenvalue weighted by Crippen LogP contribution is -2.19. The van der Waals surface area contributed by atoms with Crippen LogP contribution in [-0.4, -0.2) is 24.9 Å². The predicted octanol–water partition coefficient (Wildman–Crippen LogP) is 1.78. The van der Waals surface area contributed by atoms with Crippen molar-refractivity contribution in [3.05, 3.63) is 34.9 Å². The van der Waals surface area contributed by atoms with Crippen molar-refractivity contribution >= 4 is 17.5 Å². The molecule has 1 rings (SSSR count). The average molecular weight is 208 g/mol. The van der Waals surface area contributed by atoms with Crippen molar-refractivity contribution in [3.63, 3.8) is 0 Å². The van der Waals surface area contributed by atoms with E-state index in [4.69, 9.17) is 11.6 Å². The molecule has 0 N–H and O–H groups in total. The van der Waals surface area contributed by atoms with Crippen molar-refractivity contribution < 1.29 is 4.79 Å². The van der Waals surface area contributed by atoms with Crippen LogP contribution in [-0.2, 0) is 4.79 Å². The smallest absolute Gasteiger partial charge is 0.298 e. The third-order valence-corrected chi connectivity index (χ3v) is 1.82. The first-order chi connectivity index (χ1) is 6.59. The summed E-state index contributed by atoms with van der Waals surface area (Å²) in [7, 11) is 3.33. The third-order valence-electron chi connectivity index (χ3n) is 1.56. The lowest BCUT2D eigenvalue weighted by atomic mass is 10.2. The van der Waals surface area contributed by atoms with Crippen molar-refractivity contribution in [3.8, 4) is 11.8 Å². The molecule has 14 heavy (non-hydrogen) atoms. The predicted molar refractivity (Wildman–Crippen MR) is 57.0 cm³/mol. The molecule has 72 valence electrons. The van der Waals surface area contributed by atoms with Gasteiger partial charge in [-0.2, -0.15) is 0 Å². The fourth-order valence-electron chi connectivity index (χ4n) is 0.771. The molecule has 1 aromatic rings. The zero-order valence-corrected chi connectivity index (χ0v) is 8.80. The van der Waals surface area contributed by atoms with Gasteiger partial charge >= 0.3 is 0 Å². The molecule has 0 radical (unpaired) electrons. The lowest BCUT2D eigenvalue weighted by Gasteiger charge is -2.02. The van der Waals surface area contributed by atoms with Crippen molar-refractivity contribution in [2.45, 2.75) is 0 Å². The van der Waals surface area contributed by atoms with E-state index in [2.05, 4.69) is 11.8 Å². The van der Waals surface area contributed by atoms with Gasteiger partial charge in [-0.3, -0.25) is 4.79 Å². The van der Waals surface area contributed by atoms with Crippen LogP contribution in [0.5, 0.6) is 0 Å². The van der Waals surface area contributed by atoms with Gasteiger partial charge in [0.15, 0.2) is 0 Å². The molecule has 0 aliphatic rings. The number of benzene rings is 1. The molecule has 0 fully saturated rings. The summed E-state index contributed by atoms with van der Waals surface area (Å²) in [5.41, 5.74) is 0.782. The van der Waals surface area contributed by atoms with E-state index in [0.717, 1.165) is 5.56 Å². The number of rotatable bonds is 0. The Morgan fingerprint density at radius 2 is 1.86 bits per heavy atom. The molecule has 2 nitrogen and oxygen atoms in total. The second-order valence-electron chi connectivity index (χ2n) is 2.96. The van der Waals surface area contributed by atoms with Gasteiger partial charge in [-0.1, -0.05) is 17.5 Å². The molecule has 0 saturated heterocycles. The summed E-state index contributed by atoms with van der Waals surface area (Å²) in [6.45, 7) is 0. The normalized spacial score (nSPS) is 8.79. The summed E-state index contributed by atoms with van der Waals surface area (Å²) < 4.78 is 0. The van der Waals surface area contributed by atoms with E-state index in [1.165, 1.54) is 4.90 Å². The second-order valence-corrected chi connectivity index (χ2v) is 3.39. The van der Waals surface area contributed by atoms with Gasteiger partial charge < -0.3 is 4.90 Å². The van der Waals surface area contributed by atoms with Gasteiger partial charge in [-0.15, -0.1) is 0 Å². The van der Waals surface area contributed by atoms with Gasteiger partial charge in [0, 0.05) is 30.6 Å². The Balaban J connectivity index is 2.78. The largest absolute Gasteiger partial charge is 0.338 e. The van der Waals surface area contributed by atoms with Gasteiger partial charge in [-0.25, -0.2) is 0 Å². The number of halogens is 1. The van der Waals surface area contributed by atoms with Crippen LogP contribution in [0, 0.1) is 11.8 Å². The Kier molecular flexibility index (Phi) is 3.55. The maximum atomic E-state index is 11.1. The number of carbonyl (C=O) groups is 1. The van der Waals surface area contributed by atoms with E-state index >= 15 is 0 Å². The number of carbonyl (C=O) groups excluding carboxylic acids is 1. The highest BCUT2D eigenvalue weighted by atomic mass is 35.5. The summed E-state index contributed by atoms with van der Waals surface area (Å²) in [4.78, 5) is 12.5. The molecule has 0 heterocycles. The number of hydrogen-bond acceptors (Lipinski definition) is 1. The van der Waals surface area contributed by atoms with Crippen LogP contribution in [0.3, 0.4) is 0 Å². The Morgan fingerprint density at radius 1 is 1.29 bits per heavy atom. The van der Waals surface area contributed by atoms with Gasteiger partial charge in [-0.05, 0) is 24.3 Å². The standard InChI is InChI=1S/C11H10ClNO/c1-13(2)11(14)8-5-9-3-6-10(12)7-4-9/h3-4,6-7H,1-2H3. The van der Waals surface area contributed by atoms with E-state index in [9.17, 15) is 4.79 Å². The van der Waals surface area contributed by atoms with Crippen molar-refractivity contribution in [2.75, 3.05) is 14.1 Å². The first-order valence-corrected chi connectivity index (χ1v) is 4.46. The molecule has 1 amide bonds. The van der Waals surface area contributed by atoms with Crippen LogP contribution in [0.1, 0.15) is 5.56 Å². The van der Waals surface area contributed by atoms with Crippen LogP contribution in [0.15, 0.2) is 24.3 Å². The molecular weight excluding hydrogens is 198 g/mol. The summed E-state index contributed by atoms with van der Waals surface area (Å²) in [6, 6.07) is 7.04. The minimum absolute atomic E-state index is 0.208. The Hall–Kier alpha value is -1.46. The molecule has 0 spiro atoms. The summed E-state index contributed by atoms with van der Waals surface area (Å²) in [5, 5.41) is 0.662.